The lowest BCUT2D eigenvalue weighted by molar-refractivity contribution is -0.137. The van der Waals surface area contributed by atoms with E-state index in [1.54, 1.807) is 0 Å². The van der Waals surface area contributed by atoms with Crippen LogP contribution in [0.3, 0.4) is 0 Å². The van der Waals surface area contributed by atoms with E-state index in [2.05, 4.69) is 10.6 Å². The first-order chi connectivity index (χ1) is 10.9. The molecule has 2 N–H and O–H groups in total. The molecule has 2 rings (SSSR count). The zero-order valence-electron chi connectivity index (χ0n) is 11.8. The molecule has 0 bridgehead atoms. The number of carbonyl (C=O) groups excluding carboxylic acids is 2. The van der Waals surface area contributed by atoms with Gasteiger partial charge in [0.05, 0.1) is 18.7 Å². The van der Waals surface area contributed by atoms with Crippen LogP contribution in [-0.4, -0.2) is 18.4 Å². The first-order valence-corrected chi connectivity index (χ1v) is 7.49. The highest BCUT2D eigenvalue weighted by Crippen LogP contribution is 2.29. The van der Waals surface area contributed by atoms with Crippen molar-refractivity contribution >= 4 is 23.2 Å². The molecule has 1 aromatic carbocycles. The van der Waals surface area contributed by atoms with E-state index in [-0.39, 0.29) is 18.0 Å². The molecule has 0 radical (unpaired) electrons. The van der Waals surface area contributed by atoms with E-state index in [0.717, 1.165) is 29.1 Å². The van der Waals surface area contributed by atoms with Crippen LogP contribution in [0.2, 0.25) is 0 Å². The summed E-state index contributed by atoms with van der Waals surface area (Å²) < 4.78 is 37.3. The molecule has 1 heterocycles. The van der Waals surface area contributed by atoms with E-state index < -0.39 is 17.6 Å². The second kappa shape index (κ2) is 7.28. The van der Waals surface area contributed by atoms with Crippen LogP contribution in [0.1, 0.15) is 20.8 Å². The highest BCUT2D eigenvalue weighted by Gasteiger charge is 2.30. The average molecular weight is 342 g/mol. The third-order valence-electron chi connectivity index (χ3n) is 2.92. The highest BCUT2D eigenvalue weighted by atomic mass is 32.1. The second-order valence-corrected chi connectivity index (χ2v) is 5.65. The summed E-state index contributed by atoms with van der Waals surface area (Å²) in [5, 5.41) is 6.87. The number of rotatable bonds is 5. The van der Waals surface area contributed by atoms with E-state index in [1.165, 1.54) is 11.3 Å². The minimum Gasteiger partial charge on any atom is -0.350 e. The molecular weight excluding hydrogens is 329 g/mol. The van der Waals surface area contributed by atoms with Crippen molar-refractivity contribution in [1.29, 1.82) is 0 Å². The Morgan fingerprint density at radius 3 is 2.30 bits per heavy atom. The van der Waals surface area contributed by atoms with E-state index in [4.69, 9.17) is 0 Å². The maximum Gasteiger partial charge on any atom is 0.416 e. The van der Waals surface area contributed by atoms with Gasteiger partial charge in [-0.15, -0.1) is 11.3 Å². The molecule has 1 aromatic heterocycles. The van der Waals surface area contributed by atoms with Gasteiger partial charge in [0.25, 0.3) is 5.91 Å². The van der Waals surface area contributed by atoms with Crippen LogP contribution >= 0.6 is 11.3 Å². The van der Waals surface area contributed by atoms with Crippen LogP contribution in [0.15, 0.2) is 41.8 Å². The Balaban J connectivity index is 1.81. The van der Waals surface area contributed by atoms with Crippen molar-refractivity contribution < 1.29 is 22.8 Å². The predicted octanol–water partition coefficient (Wildman–Crippen LogP) is 2.81. The molecule has 0 aliphatic heterocycles. The van der Waals surface area contributed by atoms with Crippen LogP contribution in [0.25, 0.3) is 0 Å². The minimum absolute atomic E-state index is 0.0593. The van der Waals surface area contributed by atoms with Crippen LogP contribution in [0, 0.1) is 0 Å². The molecule has 0 saturated heterocycles. The van der Waals surface area contributed by atoms with Gasteiger partial charge in [-0.25, -0.2) is 0 Å². The fourth-order valence-corrected chi connectivity index (χ4v) is 2.38. The summed E-state index contributed by atoms with van der Waals surface area (Å²) in [5.41, 5.74) is -0.771. The fraction of sp³-hybridized carbons (Fsp3) is 0.200. The van der Waals surface area contributed by atoms with Gasteiger partial charge in [0.15, 0.2) is 0 Å². The normalized spacial score (nSPS) is 11.1. The smallest absolute Gasteiger partial charge is 0.350 e. The Bertz CT molecular complexity index is 667. The SMILES string of the molecule is O=C(CNC(=O)c1ccc(C(F)(F)F)cc1)NCc1cccs1. The zero-order valence-corrected chi connectivity index (χ0v) is 12.6. The molecule has 2 aromatic rings. The molecule has 2 amide bonds. The average Bonchev–Trinajstić information content (AvgIpc) is 3.03. The summed E-state index contributed by atoms with van der Waals surface area (Å²) in [6, 6.07) is 7.52. The maximum atomic E-state index is 12.4. The zero-order chi connectivity index (χ0) is 16.9. The Labute approximate surface area is 134 Å². The van der Waals surface area contributed by atoms with E-state index in [1.807, 2.05) is 17.5 Å². The molecule has 0 aliphatic carbocycles. The molecule has 23 heavy (non-hydrogen) atoms. The van der Waals surface area contributed by atoms with Crippen molar-refractivity contribution in [2.45, 2.75) is 12.7 Å². The number of hydrogen-bond donors (Lipinski definition) is 2. The van der Waals surface area contributed by atoms with Gasteiger partial charge >= 0.3 is 6.18 Å². The van der Waals surface area contributed by atoms with Crippen LogP contribution in [0.4, 0.5) is 13.2 Å². The molecule has 0 unspecified atom stereocenters. The van der Waals surface area contributed by atoms with Gasteiger partial charge in [-0.05, 0) is 35.7 Å². The molecule has 0 atom stereocenters. The molecule has 0 saturated carbocycles. The van der Waals surface area contributed by atoms with E-state index >= 15 is 0 Å². The number of halogens is 3. The monoisotopic (exact) mass is 342 g/mol. The third kappa shape index (κ3) is 5.10. The number of thiophene rings is 1. The van der Waals surface area contributed by atoms with Gasteiger partial charge in [-0.2, -0.15) is 13.2 Å². The van der Waals surface area contributed by atoms with Crippen LogP contribution in [-0.2, 0) is 17.5 Å². The standard InChI is InChI=1S/C15H13F3N2O2S/c16-15(17,18)11-5-3-10(4-6-11)14(22)20-9-13(21)19-8-12-2-1-7-23-12/h1-7H,8-9H2,(H,19,21)(H,20,22). The molecule has 0 aliphatic rings. The number of nitrogens with one attached hydrogen (secondary N) is 2. The summed E-state index contributed by atoms with van der Waals surface area (Å²) in [4.78, 5) is 24.3. The number of amides is 2. The van der Waals surface area contributed by atoms with Crippen molar-refractivity contribution in [3.8, 4) is 0 Å². The summed E-state index contributed by atoms with van der Waals surface area (Å²) >= 11 is 1.50. The van der Waals surface area contributed by atoms with Gasteiger partial charge in [0.2, 0.25) is 5.91 Å². The number of hydrogen-bond acceptors (Lipinski definition) is 3. The fourth-order valence-electron chi connectivity index (χ4n) is 1.73. The van der Waals surface area contributed by atoms with Gasteiger partial charge in [0, 0.05) is 10.4 Å². The minimum atomic E-state index is -4.45. The molecule has 8 heteroatoms. The lowest BCUT2D eigenvalue weighted by Crippen LogP contribution is -2.36. The van der Waals surface area contributed by atoms with Gasteiger partial charge in [0.1, 0.15) is 0 Å². The third-order valence-corrected chi connectivity index (χ3v) is 3.80. The van der Waals surface area contributed by atoms with Gasteiger partial charge in [-0.1, -0.05) is 6.07 Å². The van der Waals surface area contributed by atoms with Gasteiger partial charge < -0.3 is 10.6 Å². The molecule has 4 nitrogen and oxygen atoms in total. The molecule has 0 fully saturated rings. The second-order valence-electron chi connectivity index (χ2n) is 4.61. The van der Waals surface area contributed by atoms with Crippen molar-refractivity contribution in [1.82, 2.24) is 10.6 Å². The quantitative estimate of drug-likeness (QED) is 0.878. The summed E-state index contributed by atoms with van der Waals surface area (Å²) in [6.45, 7) is 0.123. The highest BCUT2D eigenvalue weighted by molar-refractivity contribution is 7.09. The largest absolute Gasteiger partial charge is 0.416 e. The van der Waals surface area contributed by atoms with Gasteiger partial charge in [-0.3, -0.25) is 9.59 Å². The van der Waals surface area contributed by atoms with Crippen molar-refractivity contribution in [3.05, 3.63) is 57.8 Å². The molecular formula is C15H13F3N2O2S. The van der Waals surface area contributed by atoms with Crippen molar-refractivity contribution in [2.75, 3.05) is 6.54 Å². The molecule has 122 valence electrons. The Morgan fingerprint density at radius 1 is 1.04 bits per heavy atom. The molecule has 0 spiro atoms. The van der Waals surface area contributed by atoms with Crippen molar-refractivity contribution in [2.24, 2.45) is 0 Å². The van der Waals surface area contributed by atoms with Crippen molar-refractivity contribution in [3.63, 3.8) is 0 Å². The Kier molecular flexibility index (Phi) is 5.38. The summed E-state index contributed by atoms with van der Waals surface area (Å²) in [7, 11) is 0. The number of alkyl halides is 3. The van der Waals surface area contributed by atoms with Crippen LogP contribution < -0.4 is 10.6 Å². The first kappa shape index (κ1) is 17.0. The lowest BCUT2D eigenvalue weighted by atomic mass is 10.1. The van der Waals surface area contributed by atoms with E-state index in [0.29, 0.717) is 6.54 Å². The van der Waals surface area contributed by atoms with Crippen LogP contribution in [0.5, 0.6) is 0 Å². The number of carbonyl (C=O) groups is 2. The topological polar surface area (TPSA) is 58.2 Å². The number of benzene rings is 1. The summed E-state index contributed by atoms with van der Waals surface area (Å²) in [6.07, 6.45) is -4.45. The first-order valence-electron chi connectivity index (χ1n) is 6.61. The lowest BCUT2D eigenvalue weighted by Gasteiger charge is -2.08. The predicted molar refractivity (Wildman–Crippen MR) is 79.9 cm³/mol. The maximum absolute atomic E-state index is 12.4. The Morgan fingerprint density at radius 2 is 1.74 bits per heavy atom. The Hall–Kier alpha value is -2.35. The summed E-state index contributed by atoms with van der Waals surface area (Å²) in [5.74, 6) is -0.983. The van der Waals surface area contributed by atoms with E-state index in [9.17, 15) is 22.8 Å².